The monoisotopic (exact) mass is 324 g/mol. The number of hydrogen-bond donors (Lipinski definition) is 1. The van der Waals surface area contributed by atoms with Crippen LogP contribution in [0.3, 0.4) is 0 Å². The zero-order valence-corrected chi connectivity index (χ0v) is 15.0. The molecule has 0 unspecified atom stereocenters. The van der Waals surface area contributed by atoms with Crippen LogP contribution in [-0.4, -0.2) is 64.4 Å². The Kier molecular flexibility index (Phi) is 6.99. The highest BCUT2D eigenvalue weighted by atomic mass is 16.5. The molecule has 1 aromatic heterocycles. The van der Waals surface area contributed by atoms with Crippen LogP contribution in [-0.2, 0) is 6.42 Å². The van der Waals surface area contributed by atoms with Crippen molar-refractivity contribution < 1.29 is 9.63 Å². The SMILES string of the molecule is CCCc1noc([C@H](C)N(C)CC2CCN(C[C@H](C)O)CC2)n1. The third-order valence-electron chi connectivity index (χ3n) is 4.75. The molecule has 0 bridgehead atoms. The van der Waals surface area contributed by atoms with E-state index in [1.807, 2.05) is 6.92 Å². The summed E-state index contributed by atoms with van der Waals surface area (Å²) >= 11 is 0. The topological polar surface area (TPSA) is 65.6 Å². The number of aliphatic hydroxyl groups is 1. The van der Waals surface area contributed by atoms with Crippen LogP contribution in [0.5, 0.6) is 0 Å². The maximum absolute atomic E-state index is 9.48. The van der Waals surface area contributed by atoms with Crippen LogP contribution in [0.25, 0.3) is 0 Å². The van der Waals surface area contributed by atoms with Gasteiger partial charge in [-0.25, -0.2) is 0 Å². The molecule has 0 radical (unpaired) electrons. The second kappa shape index (κ2) is 8.76. The number of piperidine rings is 1. The van der Waals surface area contributed by atoms with Crippen LogP contribution in [0.1, 0.15) is 57.8 Å². The number of likely N-dealkylation sites (tertiary alicyclic amines) is 1. The van der Waals surface area contributed by atoms with Gasteiger partial charge in [-0.1, -0.05) is 12.1 Å². The summed E-state index contributed by atoms with van der Waals surface area (Å²) in [6, 6.07) is 0.156. The van der Waals surface area contributed by atoms with Gasteiger partial charge in [0.1, 0.15) is 0 Å². The largest absolute Gasteiger partial charge is 0.392 e. The van der Waals surface area contributed by atoms with Crippen LogP contribution in [0.2, 0.25) is 0 Å². The van der Waals surface area contributed by atoms with Gasteiger partial charge in [0.05, 0.1) is 12.1 Å². The summed E-state index contributed by atoms with van der Waals surface area (Å²) in [6.45, 7) is 10.1. The van der Waals surface area contributed by atoms with Gasteiger partial charge in [0.25, 0.3) is 0 Å². The zero-order valence-electron chi connectivity index (χ0n) is 15.0. The molecule has 1 aliphatic rings. The van der Waals surface area contributed by atoms with Gasteiger partial charge in [0, 0.05) is 19.5 Å². The second-order valence-electron chi connectivity index (χ2n) is 7.01. The lowest BCUT2D eigenvalue weighted by molar-refractivity contribution is 0.0860. The number of nitrogens with zero attached hydrogens (tertiary/aromatic N) is 4. The van der Waals surface area contributed by atoms with Crippen molar-refractivity contribution in [2.75, 3.05) is 33.2 Å². The molecule has 2 heterocycles. The summed E-state index contributed by atoms with van der Waals surface area (Å²) in [7, 11) is 2.14. The van der Waals surface area contributed by atoms with Gasteiger partial charge in [0.2, 0.25) is 5.89 Å². The molecular formula is C17H32N4O2. The summed E-state index contributed by atoms with van der Waals surface area (Å²) in [5.74, 6) is 2.24. The predicted molar refractivity (Wildman–Crippen MR) is 90.2 cm³/mol. The molecule has 2 atom stereocenters. The van der Waals surface area contributed by atoms with E-state index in [1.165, 1.54) is 12.8 Å². The van der Waals surface area contributed by atoms with Crippen molar-refractivity contribution in [1.82, 2.24) is 19.9 Å². The van der Waals surface area contributed by atoms with Gasteiger partial charge in [-0.2, -0.15) is 4.98 Å². The number of aliphatic hydroxyl groups excluding tert-OH is 1. The average molecular weight is 324 g/mol. The molecule has 1 N–H and O–H groups in total. The van der Waals surface area contributed by atoms with Gasteiger partial charge in [-0.05, 0) is 59.2 Å². The lowest BCUT2D eigenvalue weighted by Crippen LogP contribution is -2.41. The third-order valence-corrected chi connectivity index (χ3v) is 4.75. The standard InChI is InChI=1S/C17H32N4O2/c1-5-6-16-18-17(23-19-16)14(3)20(4)12-15-7-9-21(10-8-15)11-13(2)22/h13-15,22H,5-12H2,1-4H3/t13-,14-/m0/s1. The molecule has 1 aliphatic heterocycles. The molecule has 0 aromatic carbocycles. The summed E-state index contributed by atoms with van der Waals surface area (Å²) in [4.78, 5) is 9.18. The molecule has 0 amide bonds. The fraction of sp³-hybridized carbons (Fsp3) is 0.882. The van der Waals surface area contributed by atoms with Gasteiger partial charge in [-0.15, -0.1) is 0 Å². The van der Waals surface area contributed by atoms with E-state index in [9.17, 15) is 5.11 Å². The van der Waals surface area contributed by atoms with Crippen LogP contribution in [0.15, 0.2) is 4.52 Å². The van der Waals surface area contributed by atoms with Crippen LogP contribution < -0.4 is 0 Å². The number of rotatable bonds is 8. The summed E-state index contributed by atoms with van der Waals surface area (Å²) in [6.07, 6.45) is 4.06. The average Bonchev–Trinajstić information content (AvgIpc) is 2.97. The molecule has 0 aliphatic carbocycles. The van der Waals surface area contributed by atoms with E-state index < -0.39 is 0 Å². The Bertz CT molecular complexity index is 455. The Morgan fingerprint density at radius 2 is 2.04 bits per heavy atom. The Morgan fingerprint density at radius 1 is 1.35 bits per heavy atom. The van der Waals surface area contributed by atoms with Crippen molar-refractivity contribution in [1.29, 1.82) is 0 Å². The van der Waals surface area contributed by atoms with E-state index in [4.69, 9.17) is 4.52 Å². The van der Waals surface area contributed by atoms with Crippen molar-refractivity contribution in [3.8, 4) is 0 Å². The minimum absolute atomic E-state index is 0.156. The van der Waals surface area contributed by atoms with Crippen LogP contribution in [0.4, 0.5) is 0 Å². The smallest absolute Gasteiger partial charge is 0.243 e. The molecular weight excluding hydrogens is 292 g/mol. The van der Waals surface area contributed by atoms with Gasteiger partial charge in [0.15, 0.2) is 5.82 Å². The lowest BCUT2D eigenvalue weighted by atomic mass is 9.95. The van der Waals surface area contributed by atoms with Gasteiger partial charge in [-0.3, -0.25) is 4.90 Å². The first-order valence-corrected chi connectivity index (χ1v) is 8.92. The lowest BCUT2D eigenvalue weighted by Gasteiger charge is -2.35. The summed E-state index contributed by atoms with van der Waals surface area (Å²) in [5.41, 5.74) is 0. The normalized spacial score (nSPS) is 20.1. The second-order valence-corrected chi connectivity index (χ2v) is 7.01. The maximum Gasteiger partial charge on any atom is 0.243 e. The Labute approximate surface area is 139 Å². The molecule has 2 rings (SSSR count). The van der Waals surface area contributed by atoms with E-state index >= 15 is 0 Å². The third kappa shape index (κ3) is 5.55. The van der Waals surface area contributed by atoms with Crippen LogP contribution >= 0.6 is 0 Å². The fourth-order valence-corrected chi connectivity index (χ4v) is 3.24. The van der Waals surface area contributed by atoms with Gasteiger partial charge < -0.3 is 14.5 Å². The van der Waals surface area contributed by atoms with E-state index in [-0.39, 0.29) is 12.1 Å². The van der Waals surface area contributed by atoms with Gasteiger partial charge >= 0.3 is 0 Å². The quantitative estimate of drug-likeness (QED) is 0.790. The highest BCUT2D eigenvalue weighted by Crippen LogP contribution is 2.23. The number of aryl methyl sites for hydroxylation is 1. The molecule has 1 aromatic rings. The first-order valence-electron chi connectivity index (χ1n) is 8.92. The molecule has 23 heavy (non-hydrogen) atoms. The fourth-order valence-electron chi connectivity index (χ4n) is 3.24. The molecule has 0 spiro atoms. The zero-order chi connectivity index (χ0) is 16.8. The van der Waals surface area contributed by atoms with E-state index in [0.29, 0.717) is 5.92 Å². The molecule has 0 saturated carbocycles. The van der Waals surface area contributed by atoms with E-state index in [2.05, 4.69) is 40.8 Å². The highest BCUT2D eigenvalue weighted by molar-refractivity contribution is 4.92. The molecule has 132 valence electrons. The van der Waals surface area contributed by atoms with E-state index in [1.54, 1.807) is 0 Å². The Morgan fingerprint density at radius 3 is 2.65 bits per heavy atom. The molecule has 1 fully saturated rings. The molecule has 6 heteroatoms. The van der Waals surface area contributed by atoms with Crippen molar-refractivity contribution in [2.45, 2.75) is 58.6 Å². The summed E-state index contributed by atoms with van der Waals surface area (Å²) < 4.78 is 5.41. The van der Waals surface area contributed by atoms with Crippen LogP contribution in [0, 0.1) is 5.92 Å². The number of hydrogen-bond acceptors (Lipinski definition) is 6. The molecule has 1 saturated heterocycles. The predicted octanol–water partition coefficient (Wildman–Crippen LogP) is 2.11. The Hall–Kier alpha value is -0.980. The van der Waals surface area contributed by atoms with Crippen molar-refractivity contribution in [3.05, 3.63) is 11.7 Å². The Balaban J connectivity index is 1.78. The number of aromatic nitrogens is 2. The summed E-state index contributed by atoms with van der Waals surface area (Å²) in [5, 5.41) is 13.5. The highest BCUT2D eigenvalue weighted by Gasteiger charge is 2.25. The minimum atomic E-state index is -0.232. The van der Waals surface area contributed by atoms with E-state index in [0.717, 1.165) is 50.7 Å². The maximum atomic E-state index is 9.48. The first kappa shape index (κ1) is 18.4. The first-order chi connectivity index (χ1) is 11.0. The van der Waals surface area contributed by atoms with Crippen molar-refractivity contribution in [3.63, 3.8) is 0 Å². The molecule has 6 nitrogen and oxygen atoms in total. The van der Waals surface area contributed by atoms with Crippen molar-refractivity contribution in [2.24, 2.45) is 5.92 Å². The number of β-amino-alcohol motifs (C(OH)–C–C–N with tert-alkyl or cyclic N) is 1. The minimum Gasteiger partial charge on any atom is -0.392 e. The van der Waals surface area contributed by atoms with Crippen molar-refractivity contribution >= 4 is 0 Å².